The zero-order valence-electron chi connectivity index (χ0n) is 11.4. The van der Waals surface area contributed by atoms with Gasteiger partial charge in [-0.1, -0.05) is 6.07 Å². The molecule has 1 aliphatic carbocycles. The summed E-state index contributed by atoms with van der Waals surface area (Å²) >= 11 is 0. The van der Waals surface area contributed by atoms with Crippen molar-refractivity contribution in [3.63, 3.8) is 0 Å². The lowest BCUT2D eigenvalue weighted by atomic mass is 10.1. The maximum atomic E-state index is 13.8. The van der Waals surface area contributed by atoms with Crippen molar-refractivity contribution in [2.45, 2.75) is 31.0 Å². The summed E-state index contributed by atoms with van der Waals surface area (Å²) in [5.41, 5.74) is -0.290. The highest BCUT2D eigenvalue weighted by atomic mass is 19.3. The van der Waals surface area contributed by atoms with Crippen LogP contribution in [0, 0.1) is 5.82 Å². The van der Waals surface area contributed by atoms with Crippen molar-refractivity contribution in [2.24, 2.45) is 0 Å². The topological polar surface area (TPSA) is 41.6 Å². The molecule has 114 valence electrons. The first-order valence-corrected chi connectivity index (χ1v) is 6.67. The molecule has 1 aromatic rings. The molecule has 0 radical (unpaired) electrons. The first-order valence-electron chi connectivity index (χ1n) is 6.67. The fraction of sp³-hybridized carbons (Fsp3) is 0.500. The molecule has 4 nitrogen and oxygen atoms in total. The molecule has 1 aromatic carbocycles. The Balaban J connectivity index is 1.91. The Kier molecular flexibility index (Phi) is 3.32. The van der Waals surface area contributed by atoms with Gasteiger partial charge in [-0.15, -0.1) is 0 Å². The average molecular weight is 300 g/mol. The minimum absolute atomic E-state index is 0.0737. The average Bonchev–Trinajstić information content (AvgIpc) is 3.17. The van der Waals surface area contributed by atoms with Gasteiger partial charge in [-0.25, -0.2) is 13.2 Å². The zero-order valence-corrected chi connectivity index (χ0v) is 11.4. The highest BCUT2D eigenvalue weighted by Crippen LogP contribution is 2.46. The lowest BCUT2D eigenvalue weighted by molar-refractivity contribution is -0.132. The van der Waals surface area contributed by atoms with Crippen molar-refractivity contribution in [1.29, 1.82) is 0 Å². The number of ether oxygens (including phenoxy) is 1. The predicted molar refractivity (Wildman–Crippen MR) is 68.5 cm³/mol. The Hall–Kier alpha value is -1.76. The summed E-state index contributed by atoms with van der Waals surface area (Å²) < 4.78 is 44.0. The number of nitrogens with zero attached hydrogens (tertiary/aromatic N) is 1. The molecule has 0 aromatic heterocycles. The van der Waals surface area contributed by atoms with Gasteiger partial charge in [0.15, 0.2) is 11.6 Å². The molecule has 1 spiro atoms. The van der Waals surface area contributed by atoms with Gasteiger partial charge in [0, 0.05) is 0 Å². The maximum absolute atomic E-state index is 13.8. The van der Waals surface area contributed by atoms with E-state index in [0.29, 0.717) is 18.4 Å². The van der Waals surface area contributed by atoms with E-state index in [1.165, 1.54) is 19.2 Å². The van der Waals surface area contributed by atoms with Crippen LogP contribution in [0.25, 0.3) is 0 Å². The van der Waals surface area contributed by atoms with Crippen LogP contribution in [0.2, 0.25) is 0 Å². The molecule has 1 unspecified atom stereocenters. The lowest BCUT2D eigenvalue weighted by Gasteiger charge is -2.24. The number of nitrogens with one attached hydrogen (secondary N) is 1. The molecule has 1 aliphatic heterocycles. The van der Waals surface area contributed by atoms with Crippen molar-refractivity contribution >= 4 is 5.91 Å². The molecular weight excluding hydrogens is 285 g/mol. The lowest BCUT2D eigenvalue weighted by Crippen LogP contribution is -2.35. The SMILES string of the molecule is COc1ccc(C2NC3(CC3)C(=O)N2CC(F)F)cc1F. The van der Waals surface area contributed by atoms with Gasteiger partial charge in [-0.05, 0) is 30.5 Å². The molecule has 2 fully saturated rings. The fourth-order valence-electron chi connectivity index (χ4n) is 2.73. The molecule has 1 N–H and O–H groups in total. The van der Waals surface area contributed by atoms with Crippen LogP contribution < -0.4 is 10.1 Å². The molecule has 1 amide bonds. The number of methoxy groups -OCH3 is 1. The first-order chi connectivity index (χ1) is 9.97. The van der Waals surface area contributed by atoms with Crippen LogP contribution in [0.1, 0.15) is 24.6 Å². The zero-order chi connectivity index (χ0) is 15.2. The smallest absolute Gasteiger partial charge is 0.255 e. The van der Waals surface area contributed by atoms with Gasteiger partial charge in [0.25, 0.3) is 6.43 Å². The number of hydrogen-bond acceptors (Lipinski definition) is 3. The summed E-state index contributed by atoms with van der Waals surface area (Å²) in [6, 6.07) is 4.21. The summed E-state index contributed by atoms with van der Waals surface area (Å²) in [5, 5.41) is 3.06. The van der Waals surface area contributed by atoms with E-state index in [4.69, 9.17) is 4.74 Å². The Morgan fingerprint density at radius 3 is 2.71 bits per heavy atom. The number of amides is 1. The Morgan fingerprint density at radius 1 is 1.48 bits per heavy atom. The number of carbonyl (C=O) groups excluding carboxylic acids is 1. The van der Waals surface area contributed by atoms with Gasteiger partial charge in [0.05, 0.1) is 13.7 Å². The quantitative estimate of drug-likeness (QED) is 0.925. The molecule has 3 rings (SSSR count). The number of halogens is 3. The van der Waals surface area contributed by atoms with Gasteiger partial charge < -0.3 is 9.64 Å². The van der Waals surface area contributed by atoms with Gasteiger partial charge in [-0.3, -0.25) is 10.1 Å². The molecule has 1 atom stereocenters. The van der Waals surface area contributed by atoms with E-state index in [-0.39, 0.29) is 11.7 Å². The molecule has 0 bridgehead atoms. The van der Waals surface area contributed by atoms with E-state index >= 15 is 0 Å². The standard InChI is InChI=1S/C14H15F3N2O2/c1-21-10-3-2-8(6-9(10)15)12-18-14(4-5-14)13(20)19(12)7-11(16)17/h2-3,6,11-12,18H,4-5,7H2,1H3. The highest BCUT2D eigenvalue weighted by molar-refractivity contribution is 5.92. The van der Waals surface area contributed by atoms with E-state index in [2.05, 4.69) is 5.32 Å². The number of alkyl halides is 2. The number of rotatable bonds is 4. The molecule has 1 heterocycles. The second-order valence-corrected chi connectivity index (χ2v) is 5.37. The summed E-state index contributed by atoms with van der Waals surface area (Å²) in [6.45, 7) is -0.661. The largest absolute Gasteiger partial charge is 0.494 e. The molecule has 2 aliphatic rings. The number of hydrogen-bond donors (Lipinski definition) is 1. The Morgan fingerprint density at radius 2 is 2.19 bits per heavy atom. The van der Waals surface area contributed by atoms with Crippen LogP contribution in [-0.2, 0) is 4.79 Å². The highest BCUT2D eigenvalue weighted by Gasteiger charge is 2.59. The second-order valence-electron chi connectivity index (χ2n) is 5.37. The van der Waals surface area contributed by atoms with Gasteiger partial charge in [0.2, 0.25) is 5.91 Å². The summed E-state index contributed by atoms with van der Waals surface area (Å²) in [7, 11) is 1.34. The molecule has 1 saturated heterocycles. The van der Waals surface area contributed by atoms with Crippen molar-refractivity contribution in [1.82, 2.24) is 10.2 Å². The van der Waals surface area contributed by atoms with Crippen molar-refractivity contribution in [2.75, 3.05) is 13.7 Å². The second kappa shape index (κ2) is 4.91. The predicted octanol–water partition coefficient (Wildman–Crippen LogP) is 2.06. The van der Waals surface area contributed by atoms with Crippen molar-refractivity contribution in [3.05, 3.63) is 29.6 Å². The summed E-state index contributed by atoms with van der Waals surface area (Å²) in [4.78, 5) is 13.3. The molecule has 1 saturated carbocycles. The van der Waals surface area contributed by atoms with Crippen molar-refractivity contribution < 1.29 is 22.7 Å². The van der Waals surface area contributed by atoms with Crippen LogP contribution in [0.4, 0.5) is 13.2 Å². The molecular formula is C14H15F3N2O2. The van der Waals surface area contributed by atoms with Crippen LogP contribution >= 0.6 is 0 Å². The van der Waals surface area contributed by atoms with Gasteiger partial charge in [-0.2, -0.15) is 0 Å². The van der Waals surface area contributed by atoms with Crippen LogP contribution in [-0.4, -0.2) is 36.4 Å². The van der Waals surface area contributed by atoms with Crippen LogP contribution in [0.3, 0.4) is 0 Å². The molecule has 7 heteroatoms. The van der Waals surface area contributed by atoms with E-state index in [1.807, 2.05) is 0 Å². The van der Waals surface area contributed by atoms with Crippen molar-refractivity contribution in [3.8, 4) is 5.75 Å². The Bertz CT molecular complexity index is 575. The molecule has 21 heavy (non-hydrogen) atoms. The summed E-state index contributed by atoms with van der Waals surface area (Å²) in [6.07, 6.45) is -2.11. The summed E-state index contributed by atoms with van der Waals surface area (Å²) in [5.74, 6) is -0.841. The normalized spacial score (nSPS) is 23.2. The number of benzene rings is 1. The third-order valence-electron chi connectivity index (χ3n) is 3.97. The van der Waals surface area contributed by atoms with Crippen LogP contribution in [0.5, 0.6) is 5.75 Å². The minimum atomic E-state index is -2.63. The maximum Gasteiger partial charge on any atom is 0.255 e. The number of carbonyl (C=O) groups is 1. The van der Waals surface area contributed by atoms with E-state index in [1.54, 1.807) is 6.07 Å². The fourth-order valence-corrected chi connectivity index (χ4v) is 2.73. The third-order valence-corrected chi connectivity index (χ3v) is 3.97. The minimum Gasteiger partial charge on any atom is -0.494 e. The monoisotopic (exact) mass is 300 g/mol. The Labute approximate surface area is 119 Å². The van der Waals surface area contributed by atoms with Crippen LogP contribution in [0.15, 0.2) is 18.2 Å². The van der Waals surface area contributed by atoms with E-state index < -0.39 is 30.5 Å². The van der Waals surface area contributed by atoms with E-state index in [9.17, 15) is 18.0 Å². The third kappa shape index (κ3) is 2.35. The van der Waals surface area contributed by atoms with E-state index in [0.717, 1.165) is 4.90 Å². The first kappa shape index (κ1) is 14.2. The van der Waals surface area contributed by atoms with Gasteiger partial charge in [0.1, 0.15) is 11.7 Å². The van der Waals surface area contributed by atoms with Gasteiger partial charge >= 0.3 is 0 Å².